The van der Waals surface area contributed by atoms with Crippen LogP contribution in [0.4, 0.5) is 11.4 Å². The highest BCUT2D eigenvalue weighted by atomic mass is 16.5. The molecule has 0 saturated carbocycles. The van der Waals surface area contributed by atoms with Crippen molar-refractivity contribution in [2.45, 2.75) is 5.41 Å². The van der Waals surface area contributed by atoms with Gasteiger partial charge in [-0.3, -0.25) is 9.69 Å². The van der Waals surface area contributed by atoms with Gasteiger partial charge in [0.2, 0.25) is 11.8 Å². The van der Waals surface area contributed by atoms with E-state index in [9.17, 15) is 14.9 Å². The summed E-state index contributed by atoms with van der Waals surface area (Å²) in [5, 5.41) is 15.0. The minimum atomic E-state index is -1.89. The molecule has 192 valence electrons. The third-order valence-corrected chi connectivity index (χ3v) is 6.92. The average molecular weight is 520 g/mol. The number of nitriles is 1. The lowest BCUT2D eigenvalue weighted by Crippen LogP contribution is -2.45. The molecule has 3 heterocycles. The number of nitrogens with zero attached hydrogens (tertiary/aromatic N) is 4. The van der Waals surface area contributed by atoms with E-state index in [0.29, 0.717) is 28.4 Å². The smallest absolute Gasteiger partial charge is 0.359 e. The van der Waals surface area contributed by atoms with Gasteiger partial charge in [0.1, 0.15) is 22.8 Å². The first-order valence-electron chi connectivity index (χ1n) is 11.9. The number of amides is 1. The fourth-order valence-electron chi connectivity index (χ4n) is 5.27. The Balaban J connectivity index is 1.78. The Kier molecular flexibility index (Phi) is 5.36. The van der Waals surface area contributed by atoms with E-state index in [4.69, 9.17) is 19.9 Å². The van der Waals surface area contributed by atoms with Crippen LogP contribution < -0.4 is 20.1 Å². The Morgan fingerprint density at radius 2 is 1.69 bits per heavy atom. The van der Waals surface area contributed by atoms with Gasteiger partial charge in [0, 0.05) is 11.3 Å². The molecule has 10 heteroatoms. The molecule has 2 aliphatic rings. The van der Waals surface area contributed by atoms with Crippen LogP contribution in [0.15, 0.2) is 90.3 Å². The van der Waals surface area contributed by atoms with Crippen LogP contribution in [-0.4, -0.2) is 35.9 Å². The quantitative estimate of drug-likeness (QED) is 0.404. The average Bonchev–Trinajstić information content (AvgIpc) is 3.47. The van der Waals surface area contributed by atoms with Crippen molar-refractivity contribution in [1.82, 2.24) is 9.78 Å². The molecule has 10 nitrogen and oxygen atoms in total. The molecule has 6 rings (SSSR count). The van der Waals surface area contributed by atoms with Crippen LogP contribution in [-0.2, 0) is 14.9 Å². The molecule has 4 aromatic rings. The third-order valence-electron chi connectivity index (χ3n) is 6.92. The first-order chi connectivity index (χ1) is 19.0. The highest BCUT2D eigenvalue weighted by molar-refractivity contribution is 6.19. The van der Waals surface area contributed by atoms with Crippen LogP contribution in [0, 0.1) is 11.3 Å². The van der Waals surface area contributed by atoms with Gasteiger partial charge in [-0.15, -0.1) is 0 Å². The number of hydrogen-bond acceptors (Lipinski definition) is 8. The number of nitrogens with two attached hydrogens (primary N) is 1. The zero-order valence-corrected chi connectivity index (χ0v) is 20.9. The van der Waals surface area contributed by atoms with E-state index in [1.165, 1.54) is 23.8 Å². The van der Waals surface area contributed by atoms with Crippen molar-refractivity contribution in [2.24, 2.45) is 5.73 Å². The van der Waals surface area contributed by atoms with Gasteiger partial charge in [-0.25, -0.2) is 4.79 Å². The van der Waals surface area contributed by atoms with E-state index in [1.54, 1.807) is 66.7 Å². The fourth-order valence-corrected chi connectivity index (χ4v) is 5.27. The zero-order chi connectivity index (χ0) is 27.3. The molecule has 1 aromatic heterocycles. The van der Waals surface area contributed by atoms with E-state index in [-0.39, 0.29) is 28.6 Å². The van der Waals surface area contributed by atoms with Crippen molar-refractivity contribution in [2.75, 3.05) is 19.1 Å². The molecule has 0 bridgehead atoms. The van der Waals surface area contributed by atoms with Gasteiger partial charge >= 0.3 is 5.97 Å². The summed E-state index contributed by atoms with van der Waals surface area (Å²) in [6.07, 6.45) is 0. The van der Waals surface area contributed by atoms with Gasteiger partial charge in [0.05, 0.1) is 31.2 Å². The normalized spacial score (nSPS) is 17.4. The van der Waals surface area contributed by atoms with Gasteiger partial charge in [0.25, 0.3) is 5.91 Å². The number of benzene rings is 3. The summed E-state index contributed by atoms with van der Waals surface area (Å²) in [6.45, 7) is 0. The highest BCUT2D eigenvalue weighted by Gasteiger charge is 2.62. The number of esters is 1. The fraction of sp³-hybridized carbons (Fsp3) is 0.103. The highest BCUT2D eigenvalue weighted by Crippen LogP contribution is 2.58. The first kappa shape index (κ1) is 23.8. The van der Waals surface area contributed by atoms with Gasteiger partial charge in [-0.05, 0) is 42.5 Å². The van der Waals surface area contributed by atoms with E-state index in [0.717, 1.165) is 0 Å². The number of carbonyl (C=O) groups excluding carboxylic acids is 2. The third kappa shape index (κ3) is 3.17. The maximum atomic E-state index is 14.8. The van der Waals surface area contributed by atoms with Gasteiger partial charge in [-0.2, -0.15) is 15.0 Å². The second kappa shape index (κ2) is 8.78. The van der Waals surface area contributed by atoms with Gasteiger partial charge in [0.15, 0.2) is 5.69 Å². The second-order valence-electron chi connectivity index (χ2n) is 8.83. The summed E-state index contributed by atoms with van der Waals surface area (Å²) in [6, 6.07) is 25.1. The first-order valence-corrected chi connectivity index (χ1v) is 11.9. The molecule has 1 spiro atoms. The lowest BCUT2D eigenvalue weighted by Gasteiger charge is -2.33. The molecule has 0 aliphatic carbocycles. The standard InChI is InChI=1S/C29H21N5O5/c1-37-19-13-14-22-20(15-19)29(28(36)33(22)17-9-5-3-6-10-17)21(16-30)25(31)39-26-23(29)24(27(35)38-2)32-34(26)18-11-7-4-8-12-18/h3-15H,31H2,1-2H3. The molecular formula is C29H21N5O5. The number of ether oxygens (including phenoxy) is 3. The Morgan fingerprint density at radius 3 is 2.31 bits per heavy atom. The monoisotopic (exact) mass is 519 g/mol. The summed E-state index contributed by atoms with van der Waals surface area (Å²) in [5.41, 5.74) is 6.16. The molecule has 1 amide bonds. The SMILES string of the molecule is COC(=O)c1nn(-c2ccccc2)c2c1C1(C(=O)N(c3ccccc3)c3ccc(OC)cc31)C(C#N)=C(N)O2. The largest absolute Gasteiger partial charge is 0.497 e. The number of para-hydroxylation sites is 2. The lowest BCUT2D eigenvalue weighted by molar-refractivity contribution is -0.120. The number of anilines is 2. The predicted molar refractivity (Wildman–Crippen MR) is 140 cm³/mol. The second-order valence-corrected chi connectivity index (χ2v) is 8.83. The number of hydrogen-bond donors (Lipinski definition) is 1. The predicted octanol–water partition coefficient (Wildman–Crippen LogP) is 3.72. The molecule has 1 unspecified atom stereocenters. The Bertz CT molecular complexity index is 1720. The van der Waals surface area contributed by atoms with Crippen LogP contribution >= 0.6 is 0 Å². The number of methoxy groups -OCH3 is 2. The number of carbonyl (C=O) groups is 2. The van der Waals surface area contributed by atoms with Crippen LogP contribution in [0.25, 0.3) is 5.69 Å². The van der Waals surface area contributed by atoms with E-state index in [2.05, 4.69) is 11.2 Å². The minimum absolute atomic E-state index is 0.0233. The number of aromatic nitrogens is 2. The minimum Gasteiger partial charge on any atom is -0.497 e. The molecular weight excluding hydrogens is 498 g/mol. The van der Waals surface area contributed by atoms with Crippen molar-refractivity contribution in [1.29, 1.82) is 5.26 Å². The summed E-state index contributed by atoms with van der Waals surface area (Å²) < 4.78 is 17.9. The Hall–Kier alpha value is -5.56. The van der Waals surface area contributed by atoms with Crippen LogP contribution in [0.3, 0.4) is 0 Å². The van der Waals surface area contributed by atoms with Crippen molar-refractivity contribution >= 4 is 23.3 Å². The van der Waals surface area contributed by atoms with Crippen molar-refractivity contribution in [3.63, 3.8) is 0 Å². The molecule has 39 heavy (non-hydrogen) atoms. The molecule has 2 N–H and O–H groups in total. The van der Waals surface area contributed by atoms with Crippen molar-refractivity contribution in [3.05, 3.63) is 107 Å². The summed E-state index contributed by atoms with van der Waals surface area (Å²) in [7, 11) is 2.71. The maximum absolute atomic E-state index is 14.8. The molecule has 2 aliphatic heterocycles. The van der Waals surface area contributed by atoms with Crippen molar-refractivity contribution in [3.8, 4) is 23.4 Å². The molecule has 0 fully saturated rings. The zero-order valence-electron chi connectivity index (χ0n) is 20.9. The van der Waals surface area contributed by atoms with Crippen LogP contribution in [0.1, 0.15) is 21.6 Å². The molecule has 0 saturated heterocycles. The number of fused-ring (bicyclic) bond motifs is 4. The maximum Gasteiger partial charge on any atom is 0.359 e. The molecule has 0 radical (unpaired) electrons. The van der Waals surface area contributed by atoms with E-state index in [1.807, 2.05) is 12.1 Å². The van der Waals surface area contributed by atoms with Crippen molar-refractivity contribution < 1.29 is 23.8 Å². The Morgan fingerprint density at radius 1 is 1.03 bits per heavy atom. The van der Waals surface area contributed by atoms with E-state index < -0.39 is 17.3 Å². The Labute approximate surface area is 223 Å². The summed E-state index contributed by atoms with van der Waals surface area (Å²) in [4.78, 5) is 29.5. The molecule has 3 aromatic carbocycles. The number of rotatable bonds is 4. The van der Waals surface area contributed by atoms with Gasteiger partial charge < -0.3 is 19.9 Å². The van der Waals surface area contributed by atoms with Gasteiger partial charge in [-0.1, -0.05) is 36.4 Å². The summed E-state index contributed by atoms with van der Waals surface area (Å²) in [5.74, 6) is -1.16. The molecule has 1 atom stereocenters. The lowest BCUT2D eigenvalue weighted by atomic mass is 9.69. The summed E-state index contributed by atoms with van der Waals surface area (Å²) >= 11 is 0. The van der Waals surface area contributed by atoms with Crippen LogP contribution in [0.2, 0.25) is 0 Å². The van der Waals surface area contributed by atoms with E-state index >= 15 is 0 Å². The van der Waals surface area contributed by atoms with Crippen LogP contribution in [0.5, 0.6) is 11.6 Å². The topological polar surface area (TPSA) is 133 Å².